The maximum absolute atomic E-state index is 13.4. The van der Waals surface area contributed by atoms with E-state index in [0.717, 1.165) is 29.6 Å². The van der Waals surface area contributed by atoms with E-state index < -0.39 is 0 Å². The molecule has 10 heteroatoms. The summed E-state index contributed by atoms with van der Waals surface area (Å²) in [5.74, 6) is 0.700. The lowest BCUT2D eigenvalue weighted by Crippen LogP contribution is -2.37. The third kappa shape index (κ3) is 4.10. The van der Waals surface area contributed by atoms with Crippen LogP contribution in [-0.4, -0.2) is 36.6 Å². The van der Waals surface area contributed by atoms with E-state index in [9.17, 15) is 14.0 Å². The van der Waals surface area contributed by atoms with Gasteiger partial charge in [-0.25, -0.2) is 9.18 Å². The van der Waals surface area contributed by atoms with Gasteiger partial charge < -0.3 is 4.74 Å². The molecule has 1 unspecified atom stereocenters. The predicted octanol–water partition coefficient (Wildman–Crippen LogP) is 1.95. The highest BCUT2D eigenvalue weighted by molar-refractivity contribution is 7.98. The molecular weight excluding hydrogens is 409 g/mol. The number of nitrogens with zero attached hydrogens (tertiary/aromatic N) is 5. The van der Waals surface area contributed by atoms with Crippen LogP contribution in [0, 0.1) is 5.82 Å². The Kier molecular flexibility index (Phi) is 5.87. The standard InChI is InChI=1S/C20H22FN5O3S/c1-24-15(10-17(27)25(2)20(24)28)12-30-19-23-22-18(13-5-7-14(21)8-6-13)26(19)11-16-4-3-9-29-16/h5-8,10,16H,3-4,9,11-12H2,1-2H3. The molecule has 1 fully saturated rings. The molecule has 0 amide bonds. The first-order valence-corrected chi connectivity index (χ1v) is 10.6. The minimum Gasteiger partial charge on any atom is -0.376 e. The van der Waals surface area contributed by atoms with Gasteiger partial charge in [0.25, 0.3) is 5.56 Å². The van der Waals surface area contributed by atoms with Crippen molar-refractivity contribution in [2.45, 2.75) is 36.4 Å². The molecule has 8 nitrogen and oxygen atoms in total. The molecule has 2 aromatic heterocycles. The fraction of sp³-hybridized carbons (Fsp3) is 0.400. The molecule has 1 atom stereocenters. The lowest BCUT2D eigenvalue weighted by Gasteiger charge is -2.15. The summed E-state index contributed by atoms with van der Waals surface area (Å²) < 4.78 is 23.6. The molecule has 1 aliphatic rings. The molecule has 3 heterocycles. The summed E-state index contributed by atoms with van der Waals surface area (Å²) in [5, 5.41) is 9.29. The van der Waals surface area contributed by atoms with Crippen LogP contribution in [0.15, 0.2) is 45.1 Å². The molecule has 4 rings (SSSR count). The van der Waals surface area contributed by atoms with E-state index in [-0.39, 0.29) is 23.2 Å². The van der Waals surface area contributed by atoms with E-state index in [0.29, 0.717) is 29.0 Å². The zero-order valence-electron chi connectivity index (χ0n) is 16.7. The molecule has 3 aromatic rings. The van der Waals surface area contributed by atoms with E-state index in [1.807, 2.05) is 4.57 Å². The van der Waals surface area contributed by atoms with Crippen LogP contribution in [0.5, 0.6) is 0 Å². The van der Waals surface area contributed by atoms with E-state index >= 15 is 0 Å². The van der Waals surface area contributed by atoms with Crippen LogP contribution in [-0.2, 0) is 31.1 Å². The van der Waals surface area contributed by atoms with E-state index in [1.54, 1.807) is 19.2 Å². The molecule has 0 bridgehead atoms. The molecule has 0 radical (unpaired) electrons. The van der Waals surface area contributed by atoms with Crippen LogP contribution in [0.1, 0.15) is 18.5 Å². The fourth-order valence-electron chi connectivity index (χ4n) is 3.42. The molecule has 158 valence electrons. The van der Waals surface area contributed by atoms with Crippen molar-refractivity contribution in [2.75, 3.05) is 6.61 Å². The Morgan fingerprint density at radius 2 is 1.93 bits per heavy atom. The van der Waals surface area contributed by atoms with Gasteiger partial charge in [-0.15, -0.1) is 10.2 Å². The summed E-state index contributed by atoms with van der Waals surface area (Å²) in [6.45, 7) is 1.31. The SMILES string of the molecule is Cn1c(CSc2nnc(-c3ccc(F)cc3)n2CC2CCCO2)cc(=O)n(C)c1=O. The fourth-order valence-corrected chi connectivity index (χ4v) is 4.39. The summed E-state index contributed by atoms with van der Waals surface area (Å²) in [4.78, 5) is 24.2. The van der Waals surface area contributed by atoms with Crippen molar-refractivity contribution in [1.82, 2.24) is 23.9 Å². The summed E-state index contributed by atoms with van der Waals surface area (Å²) in [7, 11) is 3.09. The summed E-state index contributed by atoms with van der Waals surface area (Å²) in [5.41, 5.74) is 0.644. The third-order valence-electron chi connectivity index (χ3n) is 5.20. The summed E-state index contributed by atoms with van der Waals surface area (Å²) in [6, 6.07) is 7.58. The molecule has 0 N–H and O–H groups in total. The van der Waals surface area contributed by atoms with Crippen LogP contribution in [0.25, 0.3) is 11.4 Å². The Labute approximate surface area is 176 Å². The van der Waals surface area contributed by atoms with Gasteiger partial charge >= 0.3 is 5.69 Å². The number of benzene rings is 1. The largest absolute Gasteiger partial charge is 0.376 e. The average molecular weight is 431 g/mol. The van der Waals surface area contributed by atoms with Gasteiger partial charge in [0.1, 0.15) is 5.82 Å². The van der Waals surface area contributed by atoms with Crippen LogP contribution in [0.4, 0.5) is 4.39 Å². The maximum Gasteiger partial charge on any atom is 0.330 e. The molecular formula is C20H22FN5O3S. The lowest BCUT2D eigenvalue weighted by molar-refractivity contribution is 0.0953. The van der Waals surface area contributed by atoms with Crippen molar-refractivity contribution < 1.29 is 9.13 Å². The molecule has 1 aliphatic heterocycles. The van der Waals surface area contributed by atoms with Crippen LogP contribution >= 0.6 is 11.8 Å². The van der Waals surface area contributed by atoms with E-state index in [1.165, 1.54) is 41.6 Å². The third-order valence-corrected chi connectivity index (χ3v) is 6.20. The Balaban J connectivity index is 1.65. The first-order valence-electron chi connectivity index (χ1n) is 9.63. The van der Waals surface area contributed by atoms with E-state index in [4.69, 9.17) is 4.74 Å². The molecule has 1 saturated heterocycles. The van der Waals surface area contributed by atoms with Gasteiger partial charge in [-0.3, -0.25) is 18.5 Å². The highest BCUT2D eigenvalue weighted by Crippen LogP contribution is 2.28. The molecule has 0 saturated carbocycles. The van der Waals surface area contributed by atoms with Gasteiger partial charge in [0.15, 0.2) is 11.0 Å². The van der Waals surface area contributed by atoms with Crippen LogP contribution in [0.2, 0.25) is 0 Å². The van der Waals surface area contributed by atoms with Crippen molar-refractivity contribution in [2.24, 2.45) is 14.1 Å². The first kappa shape index (κ1) is 20.5. The highest BCUT2D eigenvalue weighted by Gasteiger charge is 2.22. The second-order valence-corrected chi connectivity index (χ2v) is 8.16. The average Bonchev–Trinajstić information content (AvgIpc) is 3.39. The zero-order valence-corrected chi connectivity index (χ0v) is 17.6. The van der Waals surface area contributed by atoms with Gasteiger partial charge in [0, 0.05) is 43.8 Å². The van der Waals surface area contributed by atoms with Gasteiger partial charge in [0.05, 0.1) is 12.6 Å². The minimum atomic E-state index is -0.370. The van der Waals surface area contributed by atoms with Gasteiger partial charge in [-0.05, 0) is 37.1 Å². The molecule has 1 aromatic carbocycles. The summed E-state index contributed by atoms with van der Waals surface area (Å²) >= 11 is 1.39. The number of thioether (sulfide) groups is 1. The number of aromatic nitrogens is 5. The second kappa shape index (κ2) is 8.57. The predicted molar refractivity (Wildman–Crippen MR) is 111 cm³/mol. The van der Waals surface area contributed by atoms with Crippen molar-refractivity contribution in [1.29, 1.82) is 0 Å². The number of rotatable bonds is 6. The zero-order chi connectivity index (χ0) is 21.3. The second-order valence-electron chi connectivity index (χ2n) is 7.22. The number of ether oxygens (including phenoxy) is 1. The number of hydrogen-bond donors (Lipinski definition) is 0. The van der Waals surface area contributed by atoms with Crippen molar-refractivity contribution in [3.05, 3.63) is 62.7 Å². The first-order chi connectivity index (χ1) is 14.4. The smallest absolute Gasteiger partial charge is 0.330 e. The topological polar surface area (TPSA) is 83.9 Å². The van der Waals surface area contributed by atoms with Crippen molar-refractivity contribution in [3.63, 3.8) is 0 Å². The normalized spacial score (nSPS) is 16.3. The summed E-state index contributed by atoms with van der Waals surface area (Å²) in [6.07, 6.45) is 2.03. The molecule has 0 aliphatic carbocycles. The lowest BCUT2D eigenvalue weighted by atomic mass is 10.2. The Morgan fingerprint density at radius 1 is 1.17 bits per heavy atom. The molecule has 0 spiro atoms. The van der Waals surface area contributed by atoms with Crippen LogP contribution in [0.3, 0.4) is 0 Å². The number of halogens is 1. The quantitative estimate of drug-likeness (QED) is 0.555. The monoisotopic (exact) mass is 431 g/mol. The maximum atomic E-state index is 13.4. The van der Waals surface area contributed by atoms with Gasteiger partial charge in [-0.1, -0.05) is 11.8 Å². The van der Waals surface area contributed by atoms with Crippen molar-refractivity contribution in [3.8, 4) is 11.4 Å². The van der Waals surface area contributed by atoms with Crippen LogP contribution < -0.4 is 11.2 Å². The van der Waals surface area contributed by atoms with Gasteiger partial charge in [0.2, 0.25) is 0 Å². The van der Waals surface area contributed by atoms with E-state index in [2.05, 4.69) is 10.2 Å². The molecule has 30 heavy (non-hydrogen) atoms. The Hall–Kier alpha value is -2.72. The Bertz CT molecular complexity index is 1160. The Morgan fingerprint density at radius 3 is 2.63 bits per heavy atom. The minimum absolute atomic E-state index is 0.0629. The van der Waals surface area contributed by atoms with Gasteiger partial charge in [-0.2, -0.15) is 0 Å². The van der Waals surface area contributed by atoms with Crippen molar-refractivity contribution >= 4 is 11.8 Å². The number of hydrogen-bond acceptors (Lipinski definition) is 6. The highest BCUT2D eigenvalue weighted by atomic mass is 32.2.